The molecule has 1 saturated carbocycles. The number of nitrogens with zero attached hydrogens (tertiary/aromatic N) is 1. The molecule has 2 nitrogen and oxygen atoms in total. The van der Waals surface area contributed by atoms with Gasteiger partial charge in [0, 0.05) is 13.2 Å². The Morgan fingerprint density at radius 3 is 2.83 bits per heavy atom. The summed E-state index contributed by atoms with van der Waals surface area (Å²) in [7, 11) is 2.13. The van der Waals surface area contributed by atoms with Gasteiger partial charge in [0.25, 0.3) is 0 Å². The van der Waals surface area contributed by atoms with Crippen molar-refractivity contribution in [3.05, 3.63) is 24.0 Å². The van der Waals surface area contributed by atoms with Crippen LogP contribution in [0.3, 0.4) is 0 Å². The van der Waals surface area contributed by atoms with E-state index in [0.717, 1.165) is 5.92 Å². The van der Waals surface area contributed by atoms with Gasteiger partial charge >= 0.3 is 0 Å². The molecule has 0 bridgehead atoms. The third-order valence-corrected chi connectivity index (χ3v) is 5.57. The third kappa shape index (κ3) is 1.65. The molecule has 3 atom stereocenters. The SMILES string of the molecule is CCC(C)(C)[C@@H]1CC[C@@]2(c3cccn3C)O[C@H]2C1. The van der Waals surface area contributed by atoms with Crippen molar-refractivity contribution >= 4 is 0 Å². The second-order valence-electron chi connectivity index (χ2n) is 6.81. The zero-order valence-corrected chi connectivity index (χ0v) is 12.1. The van der Waals surface area contributed by atoms with Gasteiger partial charge in [0.05, 0.1) is 11.8 Å². The highest BCUT2D eigenvalue weighted by atomic mass is 16.6. The minimum Gasteiger partial charge on any atom is -0.359 e. The number of hydrogen-bond acceptors (Lipinski definition) is 1. The van der Waals surface area contributed by atoms with Crippen LogP contribution >= 0.6 is 0 Å². The molecular weight excluding hydrogens is 222 g/mol. The van der Waals surface area contributed by atoms with Gasteiger partial charge in [0.1, 0.15) is 5.60 Å². The van der Waals surface area contributed by atoms with Gasteiger partial charge in [-0.2, -0.15) is 0 Å². The molecule has 0 spiro atoms. The first kappa shape index (κ1) is 12.3. The molecule has 1 saturated heterocycles. The highest BCUT2D eigenvalue weighted by Crippen LogP contribution is 2.59. The van der Waals surface area contributed by atoms with E-state index in [2.05, 4.69) is 50.7 Å². The first-order valence-corrected chi connectivity index (χ1v) is 7.29. The maximum atomic E-state index is 6.14. The summed E-state index contributed by atoms with van der Waals surface area (Å²) in [5.74, 6) is 0.823. The van der Waals surface area contributed by atoms with Gasteiger partial charge in [-0.15, -0.1) is 0 Å². The molecular formula is C16H25NO. The predicted octanol–water partition coefficient (Wildman–Crippen LogP) is 3.86. The van der Waals surface area contributed by atoms with E-state index in [-0.39, 0.29) is 5.60 Å². The first-order valence-electron chi connectivity index (χ1n) is 7.29. The van der Waals surface area contributed by atoms with E-state index in [1.54, 1.807) is 0 Å². The van der Waals surface area contributed by atoms with Gasteiger partial charge in [-0.25, -0.2) is 0 Å². The summed E-state index contributed by atoms with van der Waals surface area (Å²) < 4.78 is 8.37. The Bertz CT molecular complexity index is 448. The third-order valence-electron chi connectivity index (χ3n) is 5.57. The molecule has 2 fully saturated rings. The summed E-state index contributed by atoms with van der Waals surface area (Å²) in [6.45, 7) is 7.14. The predicted molar refractivity (Wildman–Crippen MR) is 73.4 cm³/mol. The van der Waals surface area contributed by atoms with Crippen LogP contribution in [0.2, 0.25) is 0 Å². The lowest BCUT2D eigenvalue weighted by molar-refractivity contribution is 0.151. The molecule has 2 heteroatoms. The number of ether oxygens (including phenoxy) is 1. The van der Waals surface area contributed by atoms with E-state index in [1.165, 1.54) is 31.4 Å². The minimum atomic E-state index is 0.0680. The molecule has 18 heavy (non-hydrogen) atoms. The van der Waals surface area contributed by atoms with Crippen molar-refractivity contribution in [1.29, 1.82) is 0 Å². The minimum absolute atomic E-state index is 0.0680. The average Bonchev–Trinajstić information content (AvgIpc) is 2.94. The van der Waals surface area contributed by atoms with Crippen LogP contribution in [0.4, 0.5) is 0 Å². The molecule has 0 aromatic carbocycles. The molecule has 1 aromatic rings. The molecule has 0 radical (unpaired) electrons. The second-order valence-corrected chi connectivity index (χ2v) is 6.81. The molecule has 1 aromatic heterocycles. The molecule has 1 aliphatic heterocycles. The quantitative estimate of drug-likeness (QED) is 0.742. The summed E-state index contributed by atoms with van der Waals surface area (Å²) in [4.78, 5) is 0. The maximum Gasteiger partial charge on any atom is 0.134 e. The molecule has 1 aliphatic carbocycles. The lowest BCUT2D eigenvalue weighted by Crippen LogP contribution is -2.32. The van der Waals surface area contributed by atoms with Crippen molar-refractivity contribution in [2.75, 3.05) is 0 Å². The fourth-order valence-corrected chi connectivity index (χ4v) is 3.70. The molecule has 0 amide bonds. The van der Waals surface area contributed by atoms with Crippen molar-refractivity contribution in [2.45, 2.75) is 58.2 Å². The Balaban J connectivity index is 1.76. The van der Waals surface area contributed by atoms with E-state index in [4.69, 9.17) is 4.74 Å². The number of epoxide rings is 1. The molecule has 3 rings (SSSR count). The summed E-state index contributed by atoms with van der Waals surface area (Å²) >= 11 is 0. The van der Waals surface area contributed by atoms with Gasteiger partial charge < -0.3 is 9.30 Å². The molecule has 0 N–H and O–H groups in total. The van der Waals surface area contributed by atoms with Crippen molar-refractivity contribution in [2.24, 2.45) is 18.4 Å². The highest BCUT2D eigenvalue weighted by Gasteiger charge is 2.62. The zero-order valence-electron chi connectivity index (χ0n) is 12.1. The molecule has 0 unspecified atom stereocenters. The molecule has 100 valence electrons. The fraction of sp³-hybridized carbons (Fsp3) is 0.750. The van der Waals surface area contributed by atoms with Gasteiger partial charge in [0.15, 0.2) is 0 Å². The van der Waals surface area contributed by atoms with Crippen LogP contribution in [0.25, 0.3) is 0 Å². The highest BCUT2D eigenvalue weighted by molar-refractivity contribution is 5.26. The van der Waals surface area contributed by atoms with Crippen molar-refractivity contribution in [3.63, 3.8) is 0 Å². The number of hydrogen-bond donors (Lipinski definition) is 0. The number of aromatic nitrogens is 1. The lowest BCUT2D eigenvalue weighted by atomic mass is 9.67. The lowest BCUT2D eigenvalue weighted by Gasteiger charge is -2.36. The van der Waals surface area contributed by atoms with Gasteiger partial charge in [-0.3, -0.25) is 0 Å². The van der Waals surface area contributed by atoms with E-state index in [1.807, 2.05) is 0 Å². The van der Waals surface area contributed by atoms with E-state index >= 15 is 0 Å². The van der Waals surface area contributed by atoms with Crippen LogP contribution in [0, 0.1) is 11.3 Å². The fourth-order valence-electron chi connectivity index (χ4n) is 3.70. The normalized spacial score (nSPS) is 35.3. The summed E-state index contributed by atoms with van der Waals surface area (Å²) in [5, 5.41) is 0. The van der Waals surface area contributed by atoms with E-state index < -0.39 is 0 Å². The van der Waals surface area contributed by atoms with Crippen LogP contribution in [0.15, 0.2) is 18.3 Å². The number of rotatable bonds is 3. The Labute approximate surface area is 110 Å². The Morgan fingerprint density at radius 1 is 1.50 bits per heavy atom. The Kier molecular flexibility index (Phi) is 2.64. The maximum absolute atomic E-state index is 6.14. The van der Waals surface area contributed by atoms with Crippen LogP contribution in [-0.2, 0) is 17.4 Å². The Hall–Kier alpha value is -0.760. The first-order chi connectivity index (χ1) is 8.49. The molecule has 2 aliphatic rings. The average molecular weight is 247 g/mol. The van der Waals surface area contributed by atoms with Gasteiger partial charge in [-0.1, -0.05) is 27.2 Å². The largest absolute Gasteiger partial charge is 0.359 e. The van der Waals surface area contributed by atoms with Crippen molar-refractivity contribution in [3.8, 4) is 0 Å². The van der Waals surface area contributed by atoms with Crippen LogP contribution in [-0.4, -0.2) is 10.7 Å². The van der Waals surface area contributed by atoms with Gasteiger partial charge in [0.2, 0.25) is 0 Å². The summed E-state index contributed by atoms with van der Waals surface area (Å²) in [6, 6.07) is 4.36. The van der Waals surface area contributed by atoms with Crippen molar-refractivity contribution < 1.29 is 4.74 Å². The van der Waals surface area contributed by atoms with Gasteiger partial charge in [-0.05, 0) is 42.7 Å². The zero-order chi connectivity index (χ0) is 13.0. The second kappa shape index (κ2) is 3.86. The smallest absolute Gasteiger partial charge is 0.134 e. The van der Waals surface area contributed by atoms with Crippen LogP contribution in [0.1, 0.15) is 52.1 Å². The monoisotopic (exact) mass is 247 g/mol. The standard InChI is InChI=1S/C16H25NO/c1-5-15(2,3)12-8-9-16(14(11-12)18-16)13-7-6-10-17(13)4/h6-7,10,12,14H,5,8-9,11H2,1-4H3/t12-,14+,16+/m1/s1. The molecule has 2 heterocycles. The van der Waals surface area contributed by atoms with Crippen molar-refractivity contribution in [1.82, 2.24) is 4.57 Å². The van der Waals surface area contributed by atoms with E-state index in [9.17, 15) is 0 Å². The Morgan fingerprint density at radius 2 is 2.28 bits per heavy atom. The van der Waals surface area contributed by atoms with Crippen LogP contribution in [0.5, 0.6) is 0 Å². The topological polar surface area (TPSA) is 17.5 Å². The summed E-state index contributed by atoms with van der Waals surface area (Å²) in [6.07, 6.45) is 7.61. The number of fused-ring (bicyclic) bond motifs is 1. The van der Waals surface area contributed by atoms with Crippen LogP contribution < -0.4 is 0 Å². The van der Waals surface area contributed by atoms with E-state index in [0.29, 0.717) is 11.5 Å². The number of aryl methyl sites for hydroxylation is 1. The summed E-state index contributed by atoms with van der Waals surface area (Å²) in [5.41, 5.74) is 1.91.